The van der Waals surface area contributed by atoms with Crippen LogP contribution in [0.3, 0.4) is 0 Å². The molecule has 0 radical (unpaired) electrons. The lowest BCUT2D eigenvalue weighted by molar-refractivity contribution is 0.591. The van der Waals surface area contributed by atoms with Gasteiger partial charge in [0.15, 0.2) is 17.5 Å². The third kappa shape index (κ3) is 5.23. The van der Waals surface area contributed by atoms with E-state index in [1.165, 1.54) is 11.6 Å². The summed E-state index contributed by atoms with van der Waals surface area (Å²) >= 11 is 0. The zero-order chi connectivity index (χ0) is 32.8. The van der Waals surface area contributed by atoms with E-state index in [0.29, 0.717) is 23.0 Å². The fourth-order valence-corrected chi connectivity index (χ4v) is 6.40. The van der Waals surface area contributed by atoms with Crippen molar-refractivity contribution in [3.05, 3.63) is 157 Å². The van der Waals surface area contributed by atoms with Crippen molar-refractivity contribution < 1.29 is 4.39 Å². The molecule has 0 bridgehead atoms. The van der Waals surface area contributed by atoms with Crippen molar-refractivity contribution in [1.29, 1.82) is 0 Å². The molecule has 0 saturated carbocycles. The van der Waals surface area contributed by atoms with Gasteiger partial charge in [0.2, 0.25) is 0 Å². The van der Waals surface area contributed by atoms with E-state index < -0.39 is 0 Å². The fraction of sp³-hybridized carbons (Fsp3) is 0.0930. The van der Waals surface area contributed by atoms with Gasteiger partial charge in [-0.3, -0.25) is 0 Å². The minimum absolute atomic E-state index is 0.0140. The maximum absolute atomic E-state index is 15.3. The largest absolute Gasteiger partial charge is 0.308 e. The van der Waals surface area contributed by atoms with E-state index in [1.54, 1.807) is 6.07 Å². The molecule has 48 heavy (non-hydrogen) atoms. The molecular weight excluding hydrogens is 591 g/mol. The van der Waals surface area contributed by atoms with Gasteiger partial charge in [-0.1, -0.05) is 130 Å². The average Bonchev–Trinajstić information content (AvgIpc) is 3.45. The lowest BCUT2D eigenvalue weighted by atomic mass is 9.86. The molecule has 8 aromatic rings. The molecule has 0 aliphatic carbocycles. The number of para-hydroxylation sites is 1. The summed E-state index contributed by atoms with van der Waals surface area (Å²) in [6.07, 6.45) is 0. The standard InChI is InChI=1S/C43H33FN4/c1-43(2,3)31-23-25-38-35(27-31)33-19-11-13-21-37(33)48(38)39-26-30(32-18-10-12-20-36(32)44)22-24-34(39)42-46-40(28-14-6-4-7-15-28)45-41(47-42)29-16-8-5-9-17-29/h4-27H,1-3H3. The second kappa shape index (κ2) is 11.7. The molecule has 0 saturated heterocycles. The molecule has 232 valence electrons. The monoisotopic (exact) mass is 624 g/mol. The molecule has 0 atom stereocenters. The Morgan fingerprint density at radius 2 is 1.06 bits per heavy atom. The van der Waals surface area contributed by atoms with E-state index in [2.05, 4.69) is 73.9 Å². The molecule has 8 rings (SSSR count). The Balaban J connectivity index is 1.46. The van der Waals surface area contributed by atoms with E-state index in [1.807, 2.05) is 84.9 Å². The third-order valence-corrected chi connectivity index (χ3v) is 8.90. The van der Waals surface area contributed by atoms with E-state index >= 15 is 4.39 Å². The van der Waals surface area contributed by atoms with Crippen molar-refractivity contribution in [3.8, 4) is 51.0 Å². The highest BCUT2D eigenvalue weighted by atomic mass is 19.1. The summed E-state index contributed by atoms with van der Waals surface area (Å²) in [4.78, 5) is 15.1. The van der Waals surface area contributed by atoms with Gasteiger partial charge in [0.25, 0.3) is 0 Å². The lowest BCUT2D eigenvalue weighted by Gasteiger charge is -2.19. The highest BCUT2D eigenvalue weighted by molar-refractivity contribution is 6.10. The van der Waals surface area contributed by atoms with Gasteiger partial charge >= 0.3 is 0 Å². The molecule has 0 N–H and O–H groups in total. The summed E-state index contributed by atoms with van der Waals surface area (Å²) in [5.41, 5.74) is 8.11. The molecule has 5 heteroatoms. The Morgan fingerprint density at radius 1 is 0.479 bits per heavy atom. The number of fused-ring (bicyclic) bond motifs is 3. The zero-order valence-electron chi connectivity index (χ0n) is 27.0. The Hall–Kier alpha value is -5.94. The molecule has 0 spiro atoms. The number of hydrogen-bond donors (Lipinski definition) is 0. The lowest BCUT2D eigenvalue weighted by Crippen LogP contribution is -2.10. The smallest absolute Gasteiger partial charge is 0.166 e. The molecule has 6 aromatic carbocycles. The summed E-state index contributed by atoms with van der Waals surface area (Å²) < 4.78 is 17.5. The van der Waals surface area contributed by atoms with Gasteiger partial charge in [0, 0.05) is 33.0 Å². The van der Waals surface area contributed by atoms with Crippen molar-refractivity contribution in [2.45, 2.75) is 26.2 Å². The number of benzene rings is 6. The van der Waals surface area contributed by atoms with Crippen LogP contribution in [0.15, 0.2) is 146 Å². The van der Waals surface area contributed by atoms with Crippen LogP contribution < -0.4 is 0 Å². The minimum atomic E-state index is -0.272. The van der Waals surface area contributed by atoms with E-state index in [9.17, 15) is 0 Å². The van der Waals surface area contributed by atoms with Crippen LogP contribution >= 0.6 is 0 Å². The van der Waals surface area contributed by atoms with Crippen LogP contribution in [0.1, 0.15) is 26.3 Å². The second-order valence-electron chi connectivity index (χ2n) is 13.1. The molecule has 0 aliphatic rings. The van der Waals surface area contributed by atoms with Crippen LogP contribution in [0.2, 0.25) is 0 Å². The first kappa shape index (κ1) is 29.5. The topological polar surface area (TPSA) is 43.6 Å². The number of hydrogen-bond acceptors (Lipinski definition) is 3. The van der Waals surface area contributed by atoms with Crippen LogP contribution in [0, 0.1) is 5.82 Å². The molecule has 0 fully saturated rings. The summed E-state index contributed by atoms with van der Waals surface area (Å²) in [5, 5.41) is 2.30. The van der Waals surface area contributed by atoms with Gasteiger partial charge in [-0.25, -0.2) is 19.3 Å². The number of nitrogens with zero attached hydrogens (tertiary/aromatic N) is 4. The molecule has 0 aliphatic heterocycles. The fourth-order valence-electron chi connectivity index (χ4n) is 6.40. The molecule has 0 amide bonds. The number of aromatic nitrogens is 4. The number of rotatable bonds is 5. The van der Waals surface area contributed by atoms with E-state index in [-0.39, 0.29) is 11.2 Å². The Bertz CT molecular complexity index is 2380. The van der Waals surface area contributed by atoms with Crippen LogP contribution in [0.25, 0.3) is 72.8 Å². The number of halogens is 1. The summed E-state index contributed by atoms with van der Waals surface area (Å²) in [5.74, 6) is 1.43. The van der Waals surface area contributed by atoms with Crippen molar-refractivity contribution in [3.63, 3.8) is 0 Å². The average molecular weight is 625 g/mol. The highest BCUT2D eigenvalue weighted by Crippen LogP contribution is 2.40. The van der Waals surface area contributed by atoms with Gasteiger partial charge in [0.1, 0.15) is 5.82 Å². The minimum Gasteiger partial charge on any atom is -0.308 e. The SMILES string of the molecule is CC(C)(C)c1ccc2c(c1)c1ccccc1n2-c1cc(-c2ccccc2F)ccc1-c1nc(-c2ccccc2)nc(-c2ccccc2)n1. The molecular formula is C43H33FN4. The molecule has 4 nitrogen and oxygen atoms in total. The Labute approximate surface area is 279 Å². The Kier molecular flexibility index (Phi) is 7.18. The van der Waals surface area contributed by atoms with Crippen LogP contribution in [-0.4, -0.2) is 19.5 Å². The molecule has 2 aromatic heterocycles. The molecule has 0 unspecified atom stereocenters. The first-order chi connectivity index (χ1) is 23.3. The normalized spacial score (nSPS) is 11.8. The first-order valence-electron chi connectivity index (χ1n) is 16.2. The summed E-state index contributed by atoms with van der Waals surface area (Å²) in [7, 11) is 0. The van der Waals surface area contributed by atoms with Crippen molar-refractivity contribution in [1.82, 2.24) is 19.5 Å². The summed E-state index contributed by atoms with van der Waals surface area (Å²) in [6, 6.07) is 48.1. The quantitative estimate of drug-likeness (QED) is 0.191. The summed E-state index contributed by atoms with van der Waals surface area (Å²) in [6.45, 7) is 6.70. The van der Waals surface area contributed by atoms with Crippen molar-refractivity contribution >= 4 is 21.8 Å². The van der Waals surface area contributed by atoms with E-state index in [0.717, 1.165) is 49.7 Å². The predicted molar refractivity (Wildman–Crippen MR) is 195 cm³/mol. The van der Waals surface area contributed by atoms with Gasteiger partial charge in [0.05, 0.1) is 16.7 Å². The van der Waals surface area contributed by atoms with Gasteiger partial charge in [-0.15, -0.1) is 0 Å². The maximum atomic E-state index is 15.3. The molecule has 2 heterocycles. The Morgan fingerprint density at radius 3 is 1.73 bits per heavy atom. The van der Waals surface area contributed by atoms with Crippen molar-refractivity contribution in [2.24, 2.45) is 0 Å². The van der Waals surface area contributed by atoms with Gasteiger partial charge in [-0.2, -0.15) is 0 Å². The third-order valence-electron chi connectivity index (χ3n) is 8.90. The first-order valence-corrected chi connectivity index (χ1v) is 16.2. The van der Waals surface area contributed by atoms with E-state index in [4.69, 9.17) is 15.0 Å². The van der Waals surface area contributed by atoms with Gasteiger partial charge < -0.3 is 4.57 Å². The zero-order valence-corrected chi connectivity index (χ0v) is 27.0. The van der Waals surface area contributed by atoms with Crippen LogP contribution in [-0.2, 0) is 5.41 Å². The second-order valence-corrected chi connectivity index (χ2v) is 13.1. The van der Waals surface area contributed by atoms with Crippen LogP contribution in [0.4, 0.5) is 4.39 Å². The highest BCUT2D eigenvalue weighted by Gasteiger charge is 2.22. The predicted octanol–water partition coefficient (Wildman–Crippen LogP) is 11.1. The maximum Gasteiger partial charge on any atom is 0.166 e. The van der Waals surface area contributed by atoms with Crippen LogP contribution in [0.5, 0.6) is 0 Å². The van der Waals surface area contributed by atoms with Gasteiger partial charge in [-0.05, 0) is 52.9 Å². The van der Waals surface area contributed by atoms with Crippen molar-refractivity contribution in [2.75, 3.05) is 0 Å².